The second-order valence-electron chi connectivity index (χ2n) is 6.52. The zero-order valence-corrected chi connectivity index (χ0v) is 15.5. The van der Waals surface area contributed by atoms with Crippen molar-refractivity contribution < 1.29 is 16.8 Å². The highest BCUT2D eigenvalue weighted by molar-refractivity contribution is 7.92. The molecule has 0 aromatic heterocycles. The van der Waals surface area contributed by atoms with E-state index in [-0.39, 0.29) is 22.3 Å². The number of hydrogen-bond acceptors (Lipinski definition) is 4. The molecule has 7 heteroatoms. The van der Waals surface area contributed by atoms with Crippen molar-refractivity contribution in [1.29, 1.82) is 0 Å². The van der Waals surface area contributed by atoms with Crippen molar-refractivity contribution in [3.8, 4) is 0 Å². The average Bonchev–Trinajstić information content (AvgIpc) is 2.84. The number of rotatable bonds is 6. The lowest BCUT2D eigenvalue weighted by molar-refractivity contribution is 0.308. The maximum absolute atomic E-state index is 13.0. The van der Waals surface area contributed by atoms with E-state index in [1.54, 1.807) is 12.1 Å². The van der Waals surface area contributed by atoms with Gasteiger partial charge in [-0.15, -0.1) is 0 Å². The van der Waals surface area contributed by atoms with E-state index in [0.29, 0.717) is 13.0 Å². The molecule has 1 saturated heterocycles. The van der Waals surface area contributed by atoms with Crippen LogP contribution in [0.25, 0.3) is 0 Å². The number of hydrogen-bond donors (Lipinski definition) is 0. The summed E-state index contributed by atoms with van der Waals surface area (Å²) in [6, 6.07) is 6.39. The fourth-order valence-electron chi connectivity index (χ4n) is 2.84. The van der Waals surface area contributed by atoms with Gasteiger partial charge in [0.2, 0.25) is 10.0 Å². The molecule has 130 valence electrons. The van der Waals surface area contributed by atoms with Crippen LogP contribution in [0.1, 0.15) is 32.8 Å². The van der Waals surface area contributed by atoms with Crippen molar-refractivity contribution in [2.75, 3.05) is 18.1 Å². The summed E-state index contributed by atoms with van der Waals surface area (Å²) in [4.78, 5) is 0.236. The molecule has 1 atom stereocenters. The summed E-state index contributed by atoms with van der Waals surface area (Å²) in [6.07, 6.45) is 1.22. The fraction of sp³-hybridized carbons (Fsp3) is 0.625. The van der Waals surface area contributed by atoms with Gasteiger partial charge in [0.25, 0.3) is 0 Å². The van der Waals surface area contributed by atoms with Gasteiger partial charge >= 0.3 is 0 Å². The molecule has 0 unspecified atom stereocenters. The summed E-state index contributed by atoms with van der Waals surface area (Å²) in [6.45, 7) is 6.22. The van der Waals surface area contributed by atoms with E-state index in [9.17, 15) is 16.8 Å². The van der Waals surface area contributed by atoms with Crippen LogP contribution in [0.15, 0.2) is 29.2 Å². The van der Waals surface area contributed by atoms with Gasteiger partial charge in [-0.3, -0.25) is 0 Å². The molecule has 1 fully saturated rings. The van der Waals surface area contributed by atoms with Gasteiger partial charge in [-0.25, -0.2) is 16.8 Å². The second-order valence-corrected chi connectivity index (χ2v) is 10.6. The second kappa shape index (κ2) is 6.91. The number of nitrogens with zero attached hydrogens (tertiary/aromatic N) is 1. The smallest absolute Gasteiger partial charge is 0.229 e. The average molecular weight is 360 g/mol. The van der Waals surface area contributed by atoms with Crippen LogP contribution < -0.4 is 0 Å². The van der Waals surface area contributed by atoms with Crippen LogP contribution in [0, 0.1) is 5.92 Å². The van der Waals surface area contributed by atoms with Crippen LogP contribution in [0.2, 0.25) is 0 Å². The minimum absolute atomic E-state index is 0.0660. The van der Waals surface area contributed by atoms with Crippen molar-refractivity contribution in [1.82, 2.24) is 4.31 Å². The summed E-state index contributed by atoms with van der Waals surface area (Å²) in [5.41, 5.74) is 1.07. The zero-order valence-electron chi connectivity index (χ0n) is 13.9. The maximum Gasteiger partial charge on any atom is 0.243 e. The number of sulfonamides is 1. The lowest BCUT2D eigenvalue weighted by atomic mass is 10.2. The van der Waals surface area contributed by atoms with Crippen molar-refractivity contribution in [3.63, 3.8) is 0 Å². The van der Waals surface area contributed by atoms with Gasteiger partial charge < -0.3 is 0 Å². The first-order chi connectivity index (χ1) is 10.7. The lowest BCUT2D eigenvalue weighted by Crippen LogP contribution is -2.43. The summed E-state index contributed by atoms with van der Waals surface area (Å²) in [5.74, 6) is 0.116. The molecule has 1 aliphatic rings. The third-order valence-corrected chi connectivity index (χ3v) is 7.78. The molecular weight excluding hydrogens is 334 g/mol. The minimum Gasteiger partial charge on any atom is -0.229 e. The van der Waals surface area contributed by atoms with E-state index in [1.165, 1.54) is 4.31 Å². The van der Waals surface area contributed by atoms with Crippen molar-refractivity contribution in [2.24, 2.45) is 5.92 Å². The summed E-state index contributed by atoms with van der Waals surface area (Å²) in [5, 5.41) is 0. The molecule has 5 nitrogen and oxygen atoms in total. The molecule has 1 heterocycles. The molecule has 0 spiro atoms. The van der Waals surface area contributed by atoms with Crippen molar-refractivity contribution in [2.45, 2.75) is 44.6 Å². The molecular formula is C16H25NO4S2. The van der Waals surface area contributed by atoms with Gasteiger partial charge in [0.15, 0.2) is 9.84 Å². The Labute approximate surface area is 139 Å². The monoisotopic (exact) mass is 359 g/mol. The molecule has 0 aliphatic carbocycles. The Bertz CT molecular complexity index is 737. The van der Waals surface area contributed by atoms with Crippen LogP contribution in [-0.4, -0.2) is 45.2 Å². The predicted octanol–water partition coefficient (Wildman–Crippen LogP) is 2.08. The van der Waals surface area contributed by atoms with Crippen LogP contribution in [0.3, 0.4) is 0 Å². The largest absolute Gasteiger partial charge is 0.243 e. The molecule has 0 radical (unpaired) electrons. The summed E-state index contributed by atoms with van der Waals surface area (Å²) in [7, 11) is -6.82. The van der Waals surface area contributed by atoms with Crippen LogP contribution in [0.4, 0.5) is 0 Å². The minimum atomic E-state index is -3.69. The SMILES string of the molecule is CCc1ccc(S(=O)(=O)N(CC(C)C)[C@H]2CCS(=O)(=O)C2)cc1. The normalized spacial score (nSPS) is 21.2. The maximum atomic E-state index is 13.0. The number of aryl methyl sites for hydroxylation is 1. The Morgan fingerprint density at radius 2 is 1.83 bits per heavy atom. The van der Waals surface area contributed by atoms with Gasteiger partial charge in [-0.05, 0) is 36.5 Å². The predicted molar refractivity (Wildman–Crippen MR) is 91.6 cm³/mol. The zero-order chi connectivity index (χ0) is 17.3. The number of benzene rings is 1. The Hall–Kier alpha value is -0.920. The third kappa shape index (κ3) is 4.33. The lowest BCUT2D eigenvalue weighted by Gasteiger charge is -2.29. The third-order valence-electron chi connectivity index (χ3n) is 4.10. The highest BCUT2D eigenvalue weighted by Gasteiger charge is 2.38. The molecule has 0 bridgehead atoms. The van der Waals surface area contributed by atoms with Crippen molar-refractivity contribution >= 4 is 19.9 Å². The Morgan fingerprint density at radius 3 is 2.26 bits per heavy atom. The number of sulfone groups is 1. The standard InChI is InChI=1S/C16H25NO4S2/c1-4-14-5-7-16(8-6-14)23(20,21)17(11-13(2)3)15-9-10-22(18,19)12-15/h5-8,13,15H,4,9-12H2,1-3H3/t15-/m0/s1. The topological polar surface area (TPSA) is 71.5 Å². The van der Waals surface area contributed by atoms with E-state index in [2.05, 4.69) is 0 Å². The first-order valence-corrected chi connectivity index (χ1v) is 11.2. The van der Waals surface area contributed by atoms with E-state index < -0.39 is 25.9 Å². The van der Waals surface area contributed by atoms with Crippen LogP contribution in [0.5, 0.6) is 0 Å². The fourth-order valence-corrected chi connectivity index (χ4v) is 6.48. The van der Waals surface area contributed by atoms with Crippen LogP contribution in [-0.2, 0) is 26.3 Å². The highest BCUT2D eigenvalue weighted by Crippen LogP contribution is 2.26. The first kappa shape index (κ1) is 18.4. The van der Waals surface area contributed by atoms with E-state index in [4.69, 9.17) is 0 Å². The van der Waals surface area contributed by atoms with Gasteiger partial charge in [0.1, 0.15) is 0 Å². The van der Waals surface area contributed by atoms with Crippen LogP contribution >= 0.6 is 0 Å². The first-order valence-electron chi connectivity index (χ1n) is 7.97. The molecule has 1 aliphatic heterocycles. The summed E-state index contributed by atoms with van der Waals surface area (Å²) >= 11 is 0. The van der Waals surface area contributed by atoms with Gasteiger partial charge in [-0.2, -0.15) is 4.31 Å². The molecule has 1 aromatic carbocycles. The molecule has 0 amide bonds. The molecule has 23 heavy (non-hydrogen) atoms. The van der Waals surface area contributed by atoms with Gasteiger partial charge in [0.05, 0.1) is 16.4 Å². The van der Waals surface area contributed by atoms with E-state index in [0.717, 1.165) is 12.0 Å². The Kier molecular flexibility index (Phi) is 5.53. The molecule has 0 N–H and O–H groups in total. The molecule has 1 aromatic rings. The highest BCUT2D eigenvalue weighted by atomic mass is 32.2. The van der Waals surface area contributed by atoms with E-state index in [1.807, 2.05) is 32.9 Å². The Balaban J connectivity index is 2.36. The van der Waals surface area contributed by atoms with Crippen molar-refractivity contribution in [3.05, 3.63) is 29.8 Å². The molecule has 0 saturated carbocycles. The Morgan fingerprint density at radius 1 is 1.22 bits per heavy atom. The van der Waals surface area contributed by atoms with Gasteiger partial charge in [-0.1, -0.05) is 32.9 Å². The molecule has 2 rings (SSSR count). The summed E-state index contributed by atoms with van der Waals surface area (Å²) < 4.78 is 50.9. The van der Waals surface area contributed by atoms with E-state index >= 15 is 0 Å². The quantitative estimate of drug-likeness (QED) is 0.780. The van der Waals surface area contributed by atoms with Gasteiger partial charge in [0, 0.05) is 12.6 Å².